The highest BCUT2D eigenvalue weighted by atomic mass is 16.5. The highest BCUT2D eigenvalue weighted by molar-refractivity contribution is 5.77. The van der Waals surface area contributed by atoms with E-state index in [0.29, 0.717) is 11.9 Å². The first-order valence-corrected chi connectivity index (χ1v) is 8.54. The molecule has 4 rings (SSSR count). The summed E-state index contributed by atoms with van der Waals surface area (Å²) in [6, 6.07) is 1.92. The zero-order valence-corrected chi connectivity index (χ0v) is 13.3. The summed E-state index contributed by atoms with van der Waals surface area (Å²) in [5.74, 6) is 0.744. The Balaban J connectivity index is 1.63. The van der Waals surface area contributed by atoms with Gasteiger partial charge in [0.05, 0.1) is 23.6 Å². The zero-order chi connectivity index (χ0) is 15.6. The molecule has 6 heteroatoms. The molecule has 0 radical (unpaired) electrons. The molecule has 0 N–H and O–H groups in total. The molecule has 2 aromatic heterocycles. The van der Waals surface area contributed by atoms with Crippen molar-refractivity contribution in [3.05, 3.63) is 28.8 Å². The Hall–Kier alpha value is -1.95. The molecular weight excluding hydrogens is 292 g/mol. The Morgan fingerprint density at radius 2 is 2.09 bits per heavy atom. The molecular formula is C17H22N4O2. The highest BCUT2D eigenvalue weighted by Gasteiger charge is 2.18. The van der Waals surface area contributed by atoms with E-state index in [2.05, 4.69) is 14.9 Å². The van der Waals surface area contributed by atoms with Crippen LogP contribution in [0, 0.1) is 0 Å². The van der Waals surface area contributed by atoms with E-state index in [1.807, 2.05) is 12.3 Å². The second kappa shape index (κ2) is 6.28. The van der Waals surface area contributed by atoms with E-state index in [4.69, 9.17) is 4.74 Å². The van der Waals surface area contributed by atoms with E-state index in [1.54, 1.807) is 10.8 Å². The maximum atomic E-state index is 12.6. The molecule has 23 heavy (non-hydrogen) atoms. The fourth-order valence-corrected chi connectivity index (χ4v) is 3.46. The molecule has 2 aliphatic rings. The molecule has 1 atom stereocenters. The minimum atomic E-state index is -0.0248. The predicted octanol–water partition coefficient (Wildman–Crippen LogP) is 1.96. The molecule has 0 saturated carbocycles. The third-order valence-corrected chi connectivity index (χ3v) is 4.77. The van der Waals surface area contributed by atoms with Crippen LogP contribution in [0.3, 0.4) is 0 Å². The second-order valence-corrected chi connectivity index (χ2v) is 6.42. The number of rotatable bonds is 3. The molecule has 0 amide bonds. The van der Waals surface area contributed by atoms with Crippen LogP contribution in [-0.2, 0) is 11.3 Å². The number of anilines is 1. The van der Waals surface area contributed by atoms with Crippen LogP contribution in [0.2, 0.25) is 0 Å². The fourth-order valence-electron chi connectivity index (χ4n) is 3.46. The van der Waals surface area contributed by atoms with Gasteiger partial charge in [0.15, 0.2) is 0 Å². The first-order chi connectivity index (χ1) is 11.3. The average molecular weight is 314 g/mol. The second-order valence-electron chi connectivity index (χ2n) is 6.42. The van der Waals surface area contributed by atoms with Crippen molar-refractivity contribution in [1.29, 1.82) is 0 Å². The first-order valence-electron chi connectivity index (χ1n) is 8.54. The Morgan fingerprint density at radius 1 is 1.22 bits per heavy atom. The molecule has 6 nitrogen and oxygen atoms in total. The molecule has 0 bridgehead atoms. The maximum Gasteiger partial charge on any atom is 0.261 e. The van der Waals surface area contributed by atoms with Gasteiger partial charge in [-0.2, -0.15) is 0 Å². The summed E-state index contributed by atoms with van der Waals surface area (Å²) in [5, 5.41) is 0.589. The van der Waals surface area contributed by atoms with Gasteiger partial charge in [-0.15, -0.1) is 0 Å². The standard InChI is InChI=1S/C17H22N4O2/c22-16-14-11-18-17(20-7-2-1-3-8-20)19-15(14)6-9-21(16)12-13-5-4-10-23-13/h6,9,11,13H,1-5,7-8,10,12H2/t13-/m1/s1. The van der Waals surface area contributed by atoms with Crippen LogP contribution in [0.1, 0.15) is 32.1 Å². The minimum absolute atomic E-state index is 0.0248. The van der Waals surface area contributed by atoms with Gasteiger partial charge in [0.2, 0.25) is 5.95 Å². The summed E-state index contributed by atoms with van der Waals surface area (Å²) in [4.78, 5) is 23.9. The summed E-state index contributed by atoms with van der Waals surface area (Å²) in [6.07, 6.45) is 9.41. The number of pyridine rings is 1. The first kappa shape index (κ1) is 14.6. The van der Waals surface area contributed by atoms with Gasteiger partial charge in [0.1, 0.15) is 0 Å². The summed E-state index contributed by atoms with van der Waals surface area (Å²) in [7, 11) is 0. The Kier molecular flexibility index (Phi) is 3.99. The van der Waals surface area contributed by atoms with Crippen LogP contribution in [-0.4, -0.2) is 40.3 Å². The Morgan fingerprint density at radius 3 is 2.87 bits per heavy atom. The third kappa shape index (κ3) is 2.95. The SMILES string of the molecule is O=c1c2cnc(N3CCCCC3)nc2ccn1C[C@H]1CCCO1. The number of piperidine rings is 1. The van der Waals surface area contributed by atoms with Crippen molar-refractivity contribution < 1.29 is 4.74 Å². The number of hydrogen-bond acceptors (Lipinski definition) is 5. The molecule has 2 aromatic rings. The summed E-state index contributed by atoms with van der Waals surface area (Å²) in [5.41, 5.74) is 0.706. The van der Waals surface area contributed by atoms with Gasteiger partial charge in [-0.25, -0.2) is 9.97 Å². The molecule has 0 unspecified atom stereocenters. The molecule has 0 aromatic carbocycles. The van der Waals surface area contributed by atoms with Crippen LogP contribution in [0.5, 0.6) is 0 Å². The van der Waals surface area contributed by atoms with E-state index in [1.165, 1.54) is 19.3 Å². The zero-order valence-electron chi connectivity index (χ0n) is 13.3. The lowest BCUT2D eigenvalue weighted by Gasteiger charge is -2.26. The van der Waals surface area contributed by atoms with Gasteiger partial charge in [-0.1, -0.05) is 0 Å². The lowest BCUT2D eigenvalue weighted by Crippen LogP contribution is -2.31. The highest BCUT2D eigenvalue weighted by Crippen LogP contribution is 2.18. The van der Waals surface area contributed by atoms with Crippen molar-refractivity contribution in [2.24, 2.45) is 0 Å². The van der Waals surface area contributed by atoms with E-state index in [-0.39, 0.29) is 11.7 Å². The van der Waals surface area contributed by atoms with Gasteiger partial charge in [-0.3, -0.25) is 4.79 Å². The lowest BCUT2D eigenvalue weighted by molar-refractivity contribution is 0.0963. The van der Waals surface area contributed by atoms with Crippen molar-refractivity contribution in [1.82, 2.24) is 14.5 Å². The maximum absolute atomic E-state index is 12.6. The molecule has 122 valence electrons. The Labute approximate surface area is 135 Å². The quantitative estimate of drug-likeness (QED) is 0.867. The van der Waals surface area contributed by atoms with Gasteiger partial charge < -0.3 is 14.2 Å². The lowest BCUT2D eigenvalue weighted by atomic mass is 10.1. The van der Waals surface area contributed by atoms with E-state index in [0.717, 1.165) is 44.0 Å². The Bertz CT molecular complexity index is 746. The molecule has 2 fully saturated rings. The largest absolute Gasteiger partial charge is 0.376 e. The van der Waals surface area contributed by atoms with Crippen LogP contribution in [0.15, 0.2) is 23.3 Å². The fraction of sp³-hybridized carbons (Fsp3) is 0.588. The summed E-state index contributed by atoms with van der Waals surface area (Å²) in [6.45, 7) is 3.42. The average Bonchev–Trinajstić information content (AvgIpc) is 3.11. The van der Waals surface area contributed by atoms with Crippen molar-refractivity contribution >= 4 is 16.9 Å². The molecule has 2 saturated heterocycles. The van der Waals surface area contributed by atoms with Gasteiger partial charge in [0.25, 0.3) is 5.56 Å². The summed E-state index contributed by atoms with van der Waals surface area (Å²) >= 11 is 0. The molecule has 0 aliphatic carbocycles. The van der Waals surface area contributed by atoms with E-state index >= 15 is 0 Å². The number of ether oxygens (including phenoxy) is 1. The molecule has 0 spiro atoms. The number of fused-ring (bicyclic) bond motifs is 1. The van der Waals surface area contributed by atoms with Crippen molar-refractivity contribution in [3.8, 4) is 0 Å². The smallest absolute Gasteiger partial charge is 0.261 e. The predicted molar refractivity (Wildman–Crippen MR) is 88.8 cm³/mol. The molecule has 4 heterocycles. The van der Waals surface area contributed by atoms with Crippen LogP contribution >= 0.6 is 0 Å². The normalized spacial score (nSPS) is 21.9. The van der Waals surface area contributed by atoms with E-state index in [9.17, 15) is 4.79 Å². The van der Waals surface area contributed by atoms with Gasteiger partial charge in [-0.05, 0) is 38.2 Å². The van der Waals surface area contributed by atoms with Crippen molar-refractivity contribution in [2.45, 2.75) is 44.8 Å². The summed E-state index contributed by atoms with van der Waals surface area (Å²) < 4.78 is 7.35. The number of nitrogens with zero attached hydrogens (tertiary/aromatic N) is 4. The third-order valence-electron chi connectivity index (χ3n) is 4.77. The topological polar surface area (TPSA) is 60.2 Å². The van der Waals surface area contributed by atoms with Crippen LogP contribution < -0.4 is 10.5 Å². The van der Waals surface area contributed by atoms with Gasteiger partial charge >= 0.3 is 0 Å². The monoisotopic (exact) mass is 314 g/mol. The van der Waals surface area contributed by atoms with Crippen LogP contribution in [0.25, 0.3) is 10.9 Å². The molecule has 2 aliphatic heterocycles. The van der Waals surface area contributed by atoms with E-state index < -0.39 is 0 Å². The van der Waals surface area contributed by atoms with Crippen LogP contribution in [0.4, 0.5) is 5.95 Å². The van der Waals surface area contributed by atoms with Crippen molar-refractivity contribution in [2.75, 3.05) is 24.6 Å². The number of hydrogen-bond donors (Lipinski definition) is 0. The number of aromatic nitrogens is 3. The minimum Gasteiger partial charge on any atom is -0.376 e. The van der Waals surface area contributed by atoms with Gasteiger partial charge in [0, 0.05) is 32.1 Å². The van der Waals surface area contributed by atoms with Crippen molar-refractivity contribution in [3.63, 3.8) is 0 Å².